The molecule has 5 heteroatoms. The molecule has 2 atom stereocenters. The third kappa shape index (κ3) is 3.18. The van der Waals surface area contributed by atoms with E-state index >= 15 is 0 Å². The van der Waals surface area contributed by atoms with Crippen molar-refractivity contribution in [2.45, 2.75) is 44.7 Å². The van der Waals surface area contributed by atoms with Crippen molar-refractivity contribution in [3.05, 3.63) is 41.9 Å². The molecule has 1 aliphatic heterocycles. The maximum atomic E-state index is 4.59. The van der Waals surface area contributed by atoms with Gasteiger partial charge in [0.15, 0.2) is 0 Å². The summed E-state index contributed by atoms with van der Waals surface area (Å²) >= 11 is 0. The smallest absolute Gasteiger partial charge is 0.126 e. The van der Waals surface area contributed by atoms with Crippen LogP contribution in [0.25, 0.3) is 0 Å². The number of nitrogens with one attached hydrogen (secondary N) is 1. The lowest BCUT2D eigenvalue weighted by Crippen LogP contribution is -2.43. The summed E-state index contributed by atoms with van der Waals surface area (Å²) < 4.78 is 2.06. The van der Waals surface area contributed by atoms with E-state index in [2.05, 4.69) is 50.2 Å². The van der Waals surface area contributed by atoms with Gasteiger partial charge >= 0.3 is 0 Å². The number of likely N-dealkylation sites (tertiary alicyclic amines) is 1. The van der Waals surface area contributed by atoms with Crippen molar-refractivity contribution in [3.8, 4) is 0 Å². The SMILES string of the molecule is Cc1cccc(NC[C@@H]2CCCN(C3CC3)[C@H]2c2ccnn2C)n1. The van der Waals surface area contributed by atoms with Crippen LogP contribution in [0.3, 0.4) is 0 Å². The normalized spacial score (nSPS) is 24.9. The Hall–Kier alpha value is -1.88. The monoisotopic (exact) mass is 325 g/mol. The predicted octanol–water partition coefficient (Wildman–Crippen LogP) is 3.15. The van der Waals surface area contributed by atoms with E-state index in [9.17, 15) is 0 Å². The van der Waals surface area contributed by atoms with Gasteiger partial charge in [-0.1, -0.05) is 6.07 Å². The van der Waals surface area contributed by atoms with Crippen molar-refractivity contribution >= 4 is 5.82 Å². The van der Waals surface area contributed by atoms with Gasteiger partial charge in [-0.3, -0.25) is 9.58 Å². The topological polar surface area (TPSA) is 46.0 Å². The van der Waals surface area contributed by atoms with Crippen molar-refractivity contribution in [3.63, 3.8) is 0 Å². The Morgan fingerprint density at radius 2 is 2.08 bits per heavy atom. The lowest BCUT2D eigenvalue weighted by atomic mass is 9.86. The Morgan fingerprint density at radius 3 is 2.79 bits per heavy atom. The molecule has 3 heterocycles. The fraction of sp³-hybridized carbons (Fsp3) is 0.579. The summed E-state index contributed by atoms with van der Waals surface area (Å²) in [5.74, 6) is 1.58. The molecule has 0 unspecified atom stereocenters. The van der Waals surface area contributed by atoms with Crippen LogP contribution in [0.2, 0.25) is 0 Å². The minimum Gasteiger partial charge on any atom is -0.370 e. The van der Waals surface area contributed by atoms with Crippen LogP contribution in [0.1, 0.15) is 43.1 Å². The molecule has 0 radical (unpaired) electrons. The number of hydrogen-bond acceptors (Lipinski definition) is 4. The van der Waals surface area contributed by atoms with E-state index in [0.29, 0.717) is 12.0 Å². The van der Waals surface area contributed by atoms with E-state index in [4.69, 9.17) is 0 Å². The van der Waals surface area contributed by atoms with Gasteiger partial charge < -0.3 is 5.32 Å². The van der Waals surface area contributed by atoms with Gasteiger partial charge in [0, 0.05) is 31.5 Å². The van der Waals surface area contributed by atoms with Gasteiger partial charge in [-0.05, 0) is 63.3 Å². The number of pyridine rings is 1. The number of rotatable bonds is 5. The molecule has 1 aliphatic carbocycles. The molecule has 2 fully saturated rings. The van der Waals surface area contributed by atoms with Crippen LogP contribution >= 0.6 is 0 Å². The zero-order valence-corrected chi connectivity index (χ0v) is 14.7. The molecule has 0 bridgehead atoms. The van der Waals surface area contributed by atoms with E-state index in [1.807, 2.05) is 19.2 Å². The minimum absolute atomic E-state index is 0.469. The number of hydrogen-bond donors (Lipinski definition) is 1. The van der Waals surface area contributed by atoms with Crippen LogP contribution in [0.4, 0.5) is 5.82 Å². The summed E-state index contributed by atoms with van der Waals surface area (Å²) in [6.45, 7) is 4.23. The van der Waals surface area contributed by atoms with E-state index in [1.54, 1.807) is 0 Å². The second-order valence-electron chi connectivity index (χ2n) is 7.24. The molecule has 1 N–H and O–H groups in total. The number of aromatic nitrogens is 3. The van der Waals surface area contributed by atoms with Gasteiger partial charge in [0.05, 0.1) is 11.7 Å². The first-order chi connectivity index (χ1) is 11.7. The number of aryl methyl sites for hydroxylation is 2. The highest BCUT2D eigenvalue weighted by atomic mass is 15.3. The van der Waals surface area contributed by atoms with Gasteiger partial charge in [-0.25, -0.2) is 4.98 Å². The molecule has 2 aromatic heterocycles. The highest BCUT2D eigenvalue weighted by molar-refractivity contribution is 5.35. The largest absolute Gasteiger partial charge is 0.370 e. The summed E-state index contributed by atoms with van der Waals surface area (Å²) in [7, 11) is 2.07. The highest BCUT2D eigenvalue weighted by Crippen LogP contribution is 2.42. The summed E-state index contributed by atoms with van der Waals surface area (Å²) in [4.78, 5) is 7.32. The van der Waals surface area contributed by atoms with Gasteiger partial charge in [0.25, 0.3) is 0 Å². The lowest BCUT2D eigenvalue weighted by Gasteiger charge is -2.41. The molecular weight excluding hydrogens is 298 g/mol. The van der Waals surface area contributed by atoms with Gasteiger partial charge in [0.2, 0.25) is 0 Å². The molecule has 0 spiro atoms. The zero-order chi connectivity index (χ0) is 16.5. The maximum Gasteiger partial charge on any atom is 0.126 e. The number of anilines is 1. The quantitative estimate of drug-likeness (QED) is 0.917. The van der Waals surface area contributed by atoms with Crippen LogP contribution in [0, 0.1) is 12.8 Å². The third-order valence-electron chi connectivity index (χ3n) is 5.41. The van der Waals surface area contributed by atoms with E-state index in [1.165, 1.54) is 37.9 Å². The summed E-state index contributed by atoms with van der Waals surface area (Å²) in [5, 5.41) is 8.01. The standard InChI is InChI=1S/C19H27N5/c1-14-5-3-7-18(22-14)20-13-15-6-4-12-24(16-8-9-16)19(15)17-10-11-21-23(17)2/h3,5,7,10-11,15-16,19H,4,6,8-9,12-13H2,1-2H3,(H,20,22)/t15-,19+/m0/s1. The van der Waals surface area contributed by atoms with Crippen molar-refractivity contribution in [1.82, 2.24) is 19.7 Å². The van der Waals surface area contributed by atoms with Crippen LogP contribution < -0.4 is 5.32 Å². The van der Waals surface area contributed by atoms with Gasteiger partial charge in [-0.15, -0.1) is 0 Å². The zero-order valence-electron chi connectivity index (χ0n) is 14.7. The number of piperidine rings is 1. The molecule has 2 aliphatic rings. The molecule has 24 heavy (non-hydrogen) atoms. The molecule has 2 aromatic rings. The van der Waals surface area contributed by atoms with Gasteiger partial charge in [-0.2, -0.15) is 5.10 Å². The van der Waals surface area contributed by atoms with E-state index < -0.39 is 0 Å². The first-order valence-electron chi connectivity index (χ1n) is 9.13. The summed E-state index contributed by atoms with van der Waals surface area (Å²) in [5.41, 5.74) is 2.41. The van der Waals surface area contributed by atoms with Crippen molar-refractivity contribution < 1.29 is 0 Å². The Labute approximate surface area is 144 Å². The highest BCUT2D eigenvalue weighted by Gasteiger charge is 2.41. The predicted molar refractivity (Wildman–Crippen MR) is 95.9 cm³/mol. The lowest BCUT2D eigenvalue weighted by molar-refractivity contribution is 0.0841. The van der Waals surface area contributed by atoms with Crippen LogP contribution in [0.15, 0.2) is 30.5 Å². The Balaban J connectivity index is 1.54. The molecule has 5 nitrogen and oxygen atoms in total. The Kier molecular flexibility index (Phi) is 4.27. The molecule has 4 rings (SSSR count). The van der Waals surface area contributed by atoms with Crippen LogP contribution in [-0.4, -0.2) is 38.8 Å². The maximum absolute atomic E-state index is 4.59. The van der Waals surface area contributed by atoms with E-state index in [0.717, 1.165) is 24.1 Å². The second kappa shape index (κ2) is 6.55. The van der Waals surface area contributed by atoms with E-state index in [-0.39, 0.29) is 0 Å². The Bertz CT molecular complexity index is 691. The Morgan fingerprint density at radius 1 is 1.21 bits per heavy atom. The average molecular weight is 325 g/mol. The van der Waals surface area contributed by atoms with Crippen LogP contribution in [0.5, 0.6) is 0 Å². The van der Waals surface area contributed by atoms with Crippen molar-refractivity contribution in [2.24, 2.45) is 13.0 Å². The second-order valence-corrected chi connectivity index (χ2v) is 7.24. The first kappa shape index (κ1) is 15.6. The minimum atomic E-state index is 0.469. The number of nitrogens with zero attached hydrogens (tertiary/aromatic N) is 4. The average Bonchev–Trinajstić information content (AvgIpc) is 3.34. The first-order valence-corrected chi connectivity index (χ1v) is 9.13. The third-order valence-corrected chi connectivity index (χ3v) is 5.41. The molecule has 0 aromatic carbocycles. The van der Waals surface area contributed by atoms with Gasteiger partial charge in [0.1, 0.15) is 5.82 Å². The van der Waals surface area contributed by atoms with Crippen molar-refractivity contribution in [1.29, 1.82) is 0 Å². The molecule has 128 valence electrons. The summed E-state index contributed by atoms with van der Waals surface area (Å²) in [6.07, 6.45) is 7.19. The van der Waals surface area contributed by atoms with Crippen LogP contribution in [-0.2, 0) is 7.05 Å². The fourth-order valence-electron chi connectivity index (χ4n) is 4.10. The fourth-order valence-corrected chi connectivity index (χ4v) is 4.10. The summed E-state index contributed by atoms with van der Waals surface area (Å²) in [6, 6.07) is 9.62. The molecular formula is C19H27N5. The molecule has 1 saturated carbocycles. The van der Waals surface area contributed by atoms with Crippen molar-refractivity contribution in [2.75, 3.05) is 18.4 Å². The molecule has 0 amide bonds. The molecule has 1 saturated heterocycles.